The lowest BCUT2D eigenvalue weighted by Crippen LogP contribution is -2.22. The van der Waals surface area contributed by atoms with Gasteiger partial charge in [0, 0.05) is 6.08 Å². The molecular formula is C6H11O7P. The summed E-state index contributed by atoms with van der Waals surface area (Å²) < 4.78 is 18.5. The molecule has 0 heterocycles. The molecule has 0 amide bonds. The van der Waals surface area contributed by atoms with Crippen LogP contribution in [0.1, 0.15) is 0 Å². The van der Waals surface area contributed by atoms with E-state index in [1.807, 2.05) is 0 Å². The maximum atomic E-state index is 10.5. The molecule has 0 rings (SSSR count). The van der Waals surface area contributed by atoms with E-state index in [-0.39, 0.29) is 0 Å². The molecule has 1 atom stereocenters. The van der Waals surface area contributed by atoms with Crippen molar-refractivity contribution in [2.45, 2.75) is 6.10 Å². The normalized spacial score (nSPS) is 13.4. The third kappa shape index (κ3) is 7.90. The number of esters is 1. The van der Waals surface area contributed by atoms with Crippen molar-refractivity contribution in [3.63, 3.8) is 0 Å². The second kappa shape index (κ2) is 5.90. The van der Waals surface area contributed by atoms with Gasteiger partial charge in [-0.15, -0.1) is 0 Å². The Morgan fingerprint density at radius 2 is 2.07 bits per heavy atom. The molecule has 0 aliphatic rings. The number of phosphoric acid groups is 1. The molecule has 0 aromatic heterocycles. The van der Waals surface area contributed by atoms with Crippen LogP contribution in [0.15, 0.2) is 12.7 Å². The minimum atomic E-state index is -4.59. The molecule has 0 spiro atoms. The molecule has 0 aromatic rings. The summed E-state index contributed by atoms with van der Waals surface area (Å²) in [5, 5.41) is 8.98. The number of aliphatic hydroxyl groups is 1. The largest absolute Gasteiger partial charge is 0.469 e. The lowest BCUT2D eigenvalue weighted by atomic mass is 10.4. The van der Waals surface area contributed by atoms with E-state index in [0.717, 1.165) is 6.08 Å². The van der Waals surface area contributed by atoms with Crippen molar-refractivity contribution in [3.05, 3.63) is 12.7 Å². The first-order valence-electron chi connectivity index (χ1n) is 3.52. The van der Waals surface area contributed by atoms with Gasteiger partial charge >= 0.3 is 13.8 Å². The Hall–Kier alpha value is -0.720. The minimum Gasteiger partial charge on any atom is -0.460 e. The lowest BCUT2D eigenvalue weighted by molar-refractivity contribution is -0.141. The molecule has 3 N–H and O–H groups in total. The molecule has 0 bridgehead atoms. The van der Waals surface area contributed by atoms with Crippen LogP contribution in [-0.2, 0) is 18.6 Å². The molecule has 7 nitrogen and oxygen atoms in total. The van der Waals surface area contributed by atoms with E-state index in [4.69, 9.17) is 14.9 Å². The highest BCUT2D eigenvalue weighted by molar-refractivity contribution is 7.46. The molecule has 0 aliphatic carbocycles. The Morgan fingerprint density at radius 3 is 2.50 bits per heavy atom. The first kappa shape index (κ1) is 13.3. The summed E-state index contributed by atoms with van der Waals surface area (Å²) in [6.07, 6.45) is -0.386. The van der Waals surface area contributed by atoms with Gasteiger partial charge in [0.2, 0.25) is 0 Å². The van der Waals surface area contributed by atoms with Crippen LogP contribution in [0.3, 0.4) is 0 Å². The van der Waals surface area contributed by atoms with Crippen molar-refractivity contribution in [2.24, 2.45) is 0 Å². The van der Waals surface area contributed by atoms with Crippen LogP contribution < -0.4 is 0 Å². The van der Waals surface area contributed by atoms with Crippen LogP contribution >= 0.6 is 7.82 Å². The Kier molecular flexibility index (Phi) is 5.59. The summed E-state index contributed by atoms with van der Waals surface area (Å²) in [6, 6.07) is 0. The van der Waals surface area contributed by atoms with E-state index >= 15 is 0 Å². The second-order valence-electron chi connectivity index (χ2n) is 2.27. The molecule has 0 saturated heterocycles. The number of hydrogen-bond acceptors (Lipinski definition) is 5. The van der Waals surface area contributed by atoms with Crippen molar-refractivity contribution < 1.29 is 33.5 Å². The minimum absolute atomic E-state index is 0.412. The fourth-order valence-corrected chi connectivity index (χ4v) is 0.835. The van der Waals surface area contributed by atoms with Crippen molar-refractivity contribution in [1.29, 1.82) is 0 Å². The van der Waals surface area contributed by atoms with Gasteiger partial charge in [0.15, 0.2) is 0 Å². The summed E-state index contributed by atoms with van der Waals surface area (Å²) in [4.78, 5) is 27.0. The summed E-state index contributed by atoms with van der Waals surface area (Å²) in [7, 11) is -4.59. The number of carbonyl (C=O) groups excluding carboxylic acids is 1. The van der Waals surface area contributed by atoms with E-state index in [1.54, 1.807) is 0 Å². The third-order valence-corrected chi connectivity index (χ3v) is 1.51. The van der Waals surface area contributed by atoms with Gasteiger partial charge in [-0.05, 0) is 0 Å². The zero-order valence-corrected chi connectivity index (χ0v) is 8.09. The van der Waals surface area contributed by atoms with Gasteiger partial charge in [-0.1, -0.05) is 6.58 Å². The molecule has 0 radical (unpaired) electrons. The number of ether oxygens (including phenoxy) is 1. The average Bonchev–Trinajstić information content (AvgIpc) is 2.09. The van der Waals surface area contributed by atoms with Gasteiger partial charge in [-0.3, -0.25) is 4.52 Å². The molecule has 1 unspecified atom stereocenters. The number of aliphatic hydroxyl groups excluding tert-OH is 1. The van der Waals surface area contributed by atoms with Crippen LogP contribution in [0.4, 0.5) is 0 Å². The van der Waals surface area contributed by atoms with Crippen LogP contribution in [0.25, 0.3) is 0 Å². The topological polar surface area (TPSA) is 113 Å². The van der Waals surface area contributed by atoms with E-state index in [2.05, 4.69) is 15.8 Å². The van der Waals surface area contributed by atoms with Crippen molar-refractivity contribution in [2.75, 3.05) is 13.2 Å². The molecule has 14 heavy (non-hydrogen) atoms. The zero-order chi connectivity index (χ0) is 11.2. The fraction of sp³-hybridized carbons (Fsp3) is 0.500. The van der Waals surface area contributed by atoms with E-state index in [9.17, 15) is 9.36 Å². The predicted molar refractivity (Wildman–Crippen MR) is 45.2 cm³/mol. The van der Waals surface area contributed by atoms with Gasteiger partial charge in [-0.25, -0.2) is 9.36 Å². The van der Waals surface area contributed by atoms with Crippen molar-refractivity contribution >= 4 is 13.8 Å². The maximum Gasteiger partial charge on any atom is 0.469 e. The SMILES string of the molecule is C=CC(=O)OCC(O)COP(=O)(O)O. The summed E-state index contributed by atoms with van der Waals surface area (Å²) in [6.45, 7) is 2.08. The van der Waals surface area contributed by atoms with Crippen molar-refractivity contribution in [1.82, 2.24) is 0 Å². The Balaban J connectivity index is 3.66. The molecule has 0 saturated carbocycles. The fourth-order valence-electron chi connectivity index (χ4n) is 0.468. The van der Waals surface area contributed by atoms with Crippen molar-refractivity contribution in [3.8, 4) is 0 Å². The van der Waals surface area contributed by atoms with E-state index in [0.29, 0.717) is 0 Å². The number of phosphoric ester groups is 1. The smallest absolute Gasteiger partial charge is 0.460 e. The summed E-state index contributed by atoms with van der Waals surface area (Å²) in [5.41, 5.74) is 0. The maximum absolute atomic E-state index is 10.5. The van der Waals surface area contributed by atoms with Crippen LogP contribution in [0.5, 0.6) is 0 Å². The average molecular weight is 226 g/mol. The Labute approximate surface area is 80.2 Å². The lowest BCUT2D eigenvalue weighted by Gasteiger charge is -2.11. The molecule has 8 heteroatoms. The Bertz CT molecular complexity index is 245. The third-order valence-electron chi connectivity index (χ3n) is 1.02. The summed E-state index contributed by atoms with van der Waals surface area (Å²) in [5.74, 6) is -0.736. The molecule has 0 aliphatic heterocycles. The van der Waals surface area contributed by atoms with Crippen LogP contribution in [0, 0.1) is 0 Å². The van der Waals surface area contributed by atoms with Gasteiger partial charge in [0.05, 0.1) is 6.61 Å². The van der Waals surface area contributed by atoms with Crippen LogP contribution in [0.2, 0.25) is 0 Å². The first-order chi connectivity index (χ1) is 6.35. The monoisotopic (exact) mass is 226 g/mol. The zero-order valence-electron chi connectivity index (χ0n) is 7.20. The molecule has 82 valence electrons. The quantitative estimate of drug-likeness (QED) is 0.308. The second-order valence-corrected chi connectivity index (χ2v) is 3.51. The highest BCUT2D eigenvalue weighted by Gasteiger charge is 2.17. The highest BCUT2D eigenvalue weighted by atomic mass is 31.2. The van der Waals surface area contributed by atoms with E-state index in [1.165, 1.54) is 0 Å². The number of rotatable bonds is 6. The predicted octanol–water partition coefficient (Wildman–Crippen LogP) is -0.814. The van der Waals surface area contributed by atoms with Gasteiger partial charge in [0.1, 0.15) is 12.7 Å². The number of carbonyl (C=O) groups is 1. The standard InChI is InChI=1S/C6H11O7P/c1-2-6(8)12-3-5(7)4-13-14(9,10)11/h2,5,7H,1,3-4H2,(H2,9,10,11). The van der Waals surface area contributed by atoms with E-state index < -0.39 is 33.1 Å². The number of hydrogen-bond donors (Lipinski definition) is 3. The first-order valence-corrected chi connectivity index (χ1v) is 5.05. The highest BCUT2D eigenvalue weighted by Crippen LogP contribution is 2.35. The Morgan fingerprint density at radius 1 is 1.50 bits per heavy atom. The molecule has 0 aromatic carbocycles. The molecule has 0 fully saturated rings. The van der Waals surface area contributed by atoms with Crippen LogP contribution in [-0.4, -0.2) is 40.2 Å². The van der Waals surface area contributed by atoms with Gasteiger partial charge in [0.25, 0.3) is 0 Å². The molecular weight excluding hydrogens is 215 g/mol. The van der Waals surface area contributed by atoms with Gasteiger partial charge < -0.3 is 19.6 Å². The summed E-state index contributed by atoms with van der Waals surface area (Å²) >= 11 is 0. The van der Waals surface area contributed by atoms with Gasteiger partial charge in [-0.2, -0.15) is 0 Å².